The molecule has 116 valence electrons. The van der Waals surface area contributed by atoms with Gasteiger partial charge in [-0.25, -0.2) is 0 Å². The van der Waals surface area contributed by atoms with Gasteiger partial charge in [-0.1, -0.05) is 11.6 Å². The summed E-state index contributed by atoms with van der Waals surface area (Å²) in [6.45, 7) is 3.43. The van der Waals surface area contributed by atoms with E-state index in [2.05, 4.69) is 5.32 Å². The number of non-ortho nitro benzene ring substituents is 1. The number of carbonyl (C=O) groups excluding carboxylic acids is 1. The van der Waals surface area contributed by atoms with Crippen molar-refractivity contribution in [1.82, 2.24) is 5.32 Å². The Morgan fingerprint density at radius 3 is 2.86 bits per heavy atom. The number of benzene rings is 1. The van der Waals surface area contributed by atoms with Crippen LogP contribution < -0.4 is 10.1 Å². The minimum atomic E-state index is -0.555. The van der Waals surface area contributed by atoms with Gasteiger partial charge in [-0.2, -0.15) is 0 Å². The molecule has 0 saturated heterocycles. The Morgan fingerprint density at radius 1 is 1.48 bits per heavy atom. The Labute approximate surface area is 127 Å². The third-order valence-electron chi connectivity index (χ3n) is 2.48. The van der Waals surface area contributed by atoms with E-state index in [-0.39, 0.29) is 29.0 Å². The molecular weight excluding hydrogens is 300 g/mol. The summed E-state index contributed by atoms with van der Waals surface area (Å²) in [4.78, 5) is 21.5. The van der Waals surface area contributed by atoms with Crippen LogP contribution in [0.1, 0.15) is 13.3 Å². The summed E-state index contributed by atoms with van der Waals surface area (Å²) in [5, 5.41) is 13.3. The smallest absolute Gasteiger partial charge is 0.271 e. The van der Waals surface area contributed by atoms with E-state index in [0.29, 0.717) is 19.8 Å². The van der Waals surface area contributed by atoms with Gasteiger partial charge < -0.3 is 14.8 Å². The van der Waals surface area contributed by atoms with E-state index in [9.17, 15) is 14.9 Å². The van der Waals surface area contributed by atoms with Gasteiger partial charge in [-0.3, -0.25) is 14.9 Å². The molecule has 7 nitrogen and oxygen atoms in total. The van der Waals surface area contributed by atoms with Crippen LogP contribution in [0.5, 0.6) is 5.75 Å². The molecule has 0 aliphatic rings. The van der Waals surface area contributed by atoms with Crippen molar-refractivity contribution in [2.45, 2.75) is 13.3 Å². The molecule has 1 aromatic carbocycles. The second-order valence-corrected chi connectivity index (χ2v) is 4.47. The molecule has 0 fully saturated rings. The molecule has 0 heterocycles. The van der Waals surface area contributed by atoms with E-state index >= 15 is 0 Å². The average molecular weight is 317 g/mol. The molecule has 1 aromatic rings. The first-order valence-corrected chi connectivity index (χ1v) is 6.83. The largest absolute Gasteiger partial charge is 0.482 e. The molecular formula is C13H17ClN2O5. The van der Waals surface area contributed by atoms with Gasteiger partial charge in [0.2, 0.25) is 0 Å². The summed E-state index contributed by atoms with van der Waals surface area (Å²) in [5.41, 5.74) is -0.132. The summed E-state index contributed by atoms with van der Waals surface area (Å²) in [6.07, 6.45) is 0.720. The standard InChI is InChI=1S/C13H17ClN2O5/c1-2-20-7-3-6-15-13(17)9-21-12-5-4-10(16(18)19)8-11(12)14/h4-5,8H,2-3,6-7,9H2,1H3,(H,15,17). The van der Waals surface area contributed by atoms with Gasteiger partial charge in [-0.15, -0.1) is 0 Å². The predicted octanol–water partition coefficient (Wildman–Crippen LogP) is 2.17. The molecule has 8 heteroatoms. The van der Waals surface area contributed by atoms with Crippen LogP contribution in [-0.4, -0.2) is 37.2 Å². The average Bonchev–Trinajstić information content (AvgIpc) is 2.45. The lowest BCUT2D eigenvalue weighted by Gasteiger charge is -2.08. The van der Waals surface area contributed by atoms with Crippen molar-refractivity contribution in [3.8, 4) is 5.75 Å². The highest BCUT2D eigenvalue weighted by Gasteiger charge is 2.11. The Hall–Kier alpha value is -1.86. The van der Waals surface area contributed by atoms with Crippen LogP contribution in [0.4, 0.5) is 5.69 Å². The van der Waals surface area contributed by atoms with Gasteiger partial charge in [0.05, 0.1) is 9.95 Å². The summed E-state index contributed by atoms with van der Waals surface area (Å²) < 4.78 is 10.3. The van der Waals surface area contributed by atoms with Gasteiger partial charge in [0, 0.05) is 31.9 Å². The van der Waals surface area contributed by atoms with Crippen molar-refractivity contribution in [1.29, 1.82) is 0 Å². The van der Waals surface area contributed by atoms with E-state index in [1.165, 1.54) is 18.2 Å². The molecule has 0 unspecified atom stereocenters. The minimum absolute atomic E-state index is 0.0911. The number of rotatable bonds is 9. The summed E-state index contributed by atoms with van der Waals surface area (Å²) >= 11 is 5.84. The topological polar surface area (TPSA) is 90.7 Å². The molecule has 0 aromatic heterocycles. The van der Waals surface area contributed by atoms with Crippen LogP contribution in [-0.2, 0) is 9.53 Å². The highest BCUT2D eigenvalue weighted by atomic mass is 35.5. The van der Waals surface area contributed by atoms with Gasteiger partial charge in [0.1, 0.15) is 5.75 Å². The summed E-state index contributed by atoms with van der Waals surface area (Å²) in [5.74, 6) is -0.0624. The molecule has 0 atom stereocenters. The van der Waals surface area contributed by atoms with Gasteiger partial charge >= 0.3 is 0 Å². The lowest BCUT2D eigenvalue weighted by atomic mass is 10.3. The minimum Gasteiger partial charge on any atom is -0.482 e. The number of amides is 1. The second kappa shape index (κ2) is 9.15. The number of halogens is 1. The quantitative estimate of drug-likeness (QED) is 0.428. The summed E-state index contributed by atoms with van der Waals surface area (Å²) in [7, 11) is 0. The number of hydrogen-bond donors (Lipinski definition) is 1. The Bertz CT molecular complexity index is 495. The third kappa shape index (κ3) is 6.42. The molecule has 0 bridgehead atoms. The maximum Gasteiger partial charge on any atom is 0.271 e. The van der Waals surface area contributed by atoms with Crippen LogP contribution in [0.2, 0.25) is 5.02 Å². The van der Waals surface area contributed by atoms with E-state index < -0.39 is 4.92 Å². The maximum absolute atomic E-state index is 11.5. The number of nitrogens with zero attached hydrogens (tertiary/aromatic N) is 1. The van der Waals surface area contributed by atoms with Gasteiger partial charge in [0.25, 0.3) is 11.6 Å². The lowest BCUT2D eigenvalue weighted by molar-refractivity contribution is -0.384. The van der Waals surface area contributed by atoms with Crippen LogP contribution in [0.3, 0.4) is 0 Å². The molecule has 0 saturated carbocycles. The second-order valence-electron chi connectivity index (χ2n) is 4.06. The fourth-order valence-corrected chi connectivity index (χ4v) is 1.69. The van der Waals surface area contributed by atoms with Crippen molar-refractivity contribution >= 4 is 23.2 Å². The van der Waals surface area contributed by atoms with Crippen molar-refractivity contribution in [3.05, 3.63) is 33.3 Å². The Balaban J connectivity index is 2.34. The van der Waals surface area contributed by atoms with Gasteiger partial charge in [0.15, 0.2) is 6.61 Å². The zero-order chi connectivity index (χ0) is 15.7. The van der Waals surface area contributed by atoms with E-state index in [0.717, 1.165) is 6.42 Å². The number of carbonyl (C=O) groups is 1. The predicted molar refractivity (Wildman–Crippen MR) is 77.7 cm³/mol. The van der Waals surface area contributed by atoms with Crippen LogP contribution >= 0.6 is 11.6 Å². The Kier molecular flexibility index (Phi) is 7.49. The first-order chi connectivity index (χ1) is 10.0. The molecule has 1 N–H and O–H groups in total. The van der Waals surface area contributed by atoms with Gasteiger partial charge in [-0.05, 0) is 19.4 Å². The molecule has 0 aliphatic carbocycles. The molecule has 0 radical (unpaired) electrons. The zero-order valence-corrected chi connectivity index (χ0v) is 12.4. The number of nitro groups is 1. The molecule has 21 heavy (non-hydrogen) atoms. The van der Waals surface area contributed by atoms with E-state index in [1.54, 1.807) is 0 Å². The van der Waals surface area contributed by atoms with Crippen LogP contribution in [0.15, 0.2) is 18.2 Å². The normalized spacial score (nSPS) is 10.2. The monoisotopic (exact) mass is 316 g/mol. The molecule has 1 amide bonds. The van der Waals surface area contributed by atoms with E-state index in [4.69, 9.17) is 21.1 Å². The summed E-state index contributed by atoms with van der Waals surface area (Å²) in [6, 6.07) is 3.81. The number of hydrogen-bond acceptors (Lipinski definition) is 5. The van der Waals surface area contributed by atoms with Crippen LogP contribution in [0, 0.1) is 10.1 Å². The first-order valence-electron chi connectivity index (χ1n) is 6.45. The fourth-order valence-electron chi connectivity index (χ4n) is 1.46. The SMILES string of the molecule is CCOCCCNC(=O)COc1ccc([N+](=O)[O-])cc1Cl. The number of nitrogens with one attached hydrogen (secondary N) is 1. The highest BCUT2D eigenvalue weighted by Crippen LogP contribution is 2.28. The Morgan fingerprint density at radius 2 is 2.24 bits per heavy atom. The fraction of sp³-hybridized carbons (Fsp3) is 0.462. The lowest BCUT2D eigenvalue weighted by Crippen LogP contribution is -2.30. The zero-order valence-electron chi connectivity index (χ0n) is 11.6. The van der Waals surface area contributed by atoms with Crippen molar-refractivity contribution in [2.75, 3.05) is 26.4 Å². The number of nitro benzene ring substituents is 1. The highest BCUT2D eigenvalue weighted by molar-refractivity contribution is 6.32. The van der Waals surface area contributed by atoms with E-state index in [1.807, 2.05) is 6.92 Å². The van der Waals surface area contributed by atoms with Crippen molar-refractivity contribution < 1.29 is 19.2 Å². The maximum atomic E-state index is 11.5. The molecule has 1 rings (SSSR count). The third-order valence-corrected chi connectivity index (χ3v) is 2.77. The van der Waals surface area contributed by atoms with Crippen molar-refractivity contribution in [3.63, 3.8) is 0 Å². The first kappa shape index (κ1) is 17.2. The van der Waals surface area contributed by atoms with Crippen LogP contribution in [0.25, 0.3) is 0 Å². The molecule has 0 spiro atoms. The number of ether oxygens (including phenoxy) is 2. The molecule has 0 aliphatic heterocycles. The van der Waals surface area contributed by atoms with Crippen molar-refractivity contribution in [2.24, 2.45) is 0 Å².